The maximum Gasteiger partial charge on any atom is 0.112 e. The quantitative estimate of drug-likeness (QED) is 0.544. The summed E-state index contributed by atoms with van der Waals surface area (Å²) in [6, 6.07) is 0. The van der Waals surface area contributed by atoms with Crippen LogP contribution in [0.5, 0.6) is 0 Å². The number of epoxide rings is 1. The van der Waals surface area contributed by atoms with Gasteiger partial charge in [-0.1, -0.05) is 44.6 Å². The van der Waals surface area contributed by atoms with Crippen LogP contribution in [0.25, 0.3) is 0 Å². The van der Waals surface area contributed by atoms with Gasteiger partial charge in [-0.3, -0.25) is 0 Å². The molecule has 4 unspecified atom stereocenters. The van der Waals surface area contributed by atoms with Gasteiger partial charge in [0.2, 0.25) is 0 Å². The summed E-state index contributed by atoms with van der Waals surface area (Å²) in [5.74, 6) is 0.499. The molecule has 1 N–H and O–H groups in total. The zero-order chi connectivity index (χ0) is 12.9. The fourth-order valence-corrected chi connectivity index (χ4v) is 2.33. The monoisotopic (exact) mass is 238 g/mol. The van der Waals surface area contributed by atoms with Crippen LogP contribution in [0.4, 0.5) is 0 Å². The van der Waals surface area contributed by atoms with E-state index in [0.717, 1.165) is 19.3 Å². The summed E-state index contributed by atoms with van der Waals surface area (Å²) in [5, 5.41) is 10.2. The van der Waals surface area contributed by atoms with Gasteiger partial charge in [-0.15, -0.1) is 0 Å². The standard InChI is InChI=1S/C15H26O2/c1-5-7-8-9-12(3)11-13-14(17-13)15(4,16)10-6-2/h5,7-9,12-14,16H,6,10-11H2,1-4H3/b7-5-,9-8+. The Morgan fingerprint density at radius 3 is 2.71 bits per heavy atom. The lowest BCUT2D eigenvalue weighted by Gasteiger charge is -2.20. The second-order valence-electron chi connectivity index (χ2n) is 5.33. The lowest BCUT2D eigenvalue weighted by molar-refractivity contribution is 0.0209. The molecular weight excluding hydrogens is 212 g/mol. The summed E-state index contributed by atoms with van der Waals surface area (Å²) in [6.07, 6.45) is 11.4. The molecule has 98 valence electrons. The van der Waals surface area contributed by atoms with Crippen LogP contribution in [0.2, 0.25) is 0 Å². The van der Waals surface area contributed by atoms with Gasteiger partial charge in [0.25, 0.3) is 0 Å². The molecule has 17 heavy (non-hydrogen) atoms. The molecule has 0 saturated carbocycles. The highest BCUT2D eigenvalue weighted by molar-refractivity contribution is 5.05. The van der Waals surface area contributed by atoms with E-state index >= 15 is 0 Å². The highest BCUT2D eigenvalue weighted by Crippen LogP contribution is 2.38. The molecule has 1 saturated heterocycles. The van der Waals surface area contributed by atoms with Gasteiger partial charge in [0.1, 0.15) is 6.10 Å². The van der Waals surface area contributed by atoms with Gasteiger partial charge in [0.15, 0.2) is 0 Å². The zero-order valence-corrected chi connectivity index (χ0v) is 11.5. The molecule has 0 bridgehead atoms. The van der Waals surface area contributed by atoms with Crippen LogP contribution in [-0.2, 0) is 4.74 Å². The van der Waals surface area contributed by atoms with Gasteiger partial charge in [-0.2, -0.15) is 0 Å². The molecule has 4 atom stereocenters. The van der Waals surface area contributed by atoms with Crippen molar-refractivity contribution >= 4 is 0 Å². The van der Waals surface area contributed by atoms with E-state index in [1.165, 1.54) is 0 Å². The van der Waals surface area contributed by atoms with E-state index in [9.17, 15) is 5.11 Å². The smallest absolute Gasteiger partial charge is 0.112 e. The Kier molecular flexibility index (Phi) is 5.41. The van der Waals surface area contributed by atoms with Gasteiger partial charge >= 0.3 is 0 Å². The van der Waals surface area contributed by atoms with Crippen molar-refractivity contribution in [2.24, 2.45) is 5.92 Å². The molecule has 1 fully saturated rings. The number of hydrogen-bond donors (Lipinski definition) is 1. The molecule has 0 radical (unpaired) electrons. The van der Waals surface area contributed by atoms with Gasteiger partial charge in [0.05, 0.1) is 11.7 Å². The number of allylic oxidation sites excluding steroid dienone is 4. The topological polar surface area (TPSA) is 32.8 Å². The molecule has 1 aliphatic heterocycles. The first-order chi connectivity index (χ1) is 8.01. The predicted molar refractivity (Wildman–Crippen MR) is 71.9 cm³/mol. The van der Waals surface area contributed by atoms with Crippen LogP contribution in [0.15, 0.2) is 24.3 Å². The van der Waals surface area contributed by atoms with Crippen LogP contribution in [-0.4, -0.2) is 22.9 Å². The number of rotatable bonds is 7. The minimum atomic E-state index is -0.647. The van der Waals surface area contributed by atoms with Crippen molar-refractivity contribution in [1.82, 2.24) is 0 Å². The SMILES string of the molecule is C/C=C\C=C\C(C)CC1OC1C(C)(O)CCC. The Morgan fingerprint density at radius 2 is 2.12 bits per heavy atom. The van der Waals surface area contributed by atoms with Crippen molar-refractivity contribution < 1.29 is 9.84 Å². The fraction of sp³-hybridized carbons (Fsp3) is 0.733. The van der Waals surface area contributed by atoms with Crippen LogP contribution in [0.1, 0.15) is 47.0 Å². The normalized spacial score (nSPS) is 29.7. The van der Waals surface area contributed by atoms with Crippen LogP contribution >= 0.6 is 0 Å². The van der Waals surface area contributed by atoms with Crippen LogP contribution in [0, 0.1) is 5.92 Å². The van der Waals surface area contributed by atoms with Crippen molar-refractivity contribution in [2.45, 2.75) is 64.8 Å². The summed E-state index contributed by atoms with van der Waals surface area (Å²) >= 11 is 0. The second kappa shape index (κ2) is 6.36. The maximum atomic E-state index is 10.2. The van der Waals surface area contributed by atoms with Crippen LogP contribution in [0.3, 0.4) is 0 Å². The Labute approximate surface area is 105 Å². The van der Waals surface area contributed by atoms with E-state index in [2.05, 4.69) is 26.0 Å². The van der Waals surface area contributed by atoms with Crippen LogP contribution < -0.4 is 0 Å². The molecule has 2 nitrogen and oxygen atoms in total. The molecule has 0 aliphatic carbocycles. The zero-order valence-electron chi connectivity index (χ0n) is 11.5. The fourth-order valence-electron chi connectivity index (χ4n) is 2.33. The second-order valence-corrected chi connectivity index (χ2v) is 5.33. The minimum Gasteiger partial charge on any atom is -0.387 e. The Morgan fingerprint density at radius 1 is 1.41 bits per heavy atom. The third-order valence-electron chi connectivity index (χ3n) is 3.30. The highest BCUT2D eigenvalue weighted by Gasteiger charge is 2.50. The van der Waals surface area contributed by atoms with E-state index in [1.54, 1.807) is 0 Å². The van der Waals surface area contributed by atoms with E-state index < -0.39 is 5.60 Å². The Hall–Kier alpha value is -0.600. The van der Waals surface area contributed by atoms with Crippen molar-refractivity contribution in [2.75, 3.05) is 0 Å². The largest absolute Gasteiger partial charge is 0.387 e. The molecule has 1 heterocycles. The minimum absolute atomic E-state index is 0.0417. The Balaban J connectivity index is 2.32. The maximum absolute atomic E-state index is 10.2. The lowest BCUT2D eigenvalue weighted by Crippen LogP contribution is -2.32. The lowest BCUT2D eigenvalue weighted by atomic mass is 9.91. The summed E-state index contributed by atoms with van der Waals surface area (Å²) < 4.78 is 5.61. The summed E-state index contributed by atoms with van der Waals surface area (Å²) in [6.45, 7) is 8.18. The van der Waals surface area contributed by atoms with Crippen molar-refractivity contribution in [3.05, 3.63) is 24.3 Å². The first-order valence-electron chi connectivity index (χ1n) is 6.68. The Bertz CT molecular complexity index is 279. The number of ether oxygens (including phenoxy) is 1. The van der Waals surface area contributed by atoms with E-state index in [1.807, 2.05) is 26.0 Å². The van der Waals surface area contributed by atoms with Gasteiger partial charge in [-0.05, 0) is 32.6 Å². The van der Waals surface area contributed by atoms with Crippen molar-refractivity contribution in [1.29, 1.82) is 0 Å². The average Bonchev–Trinajstić information content (AvgIpc) is 2.98. The highest BCUT2D eigenvalue weighted by atomic mass is 16.6. The van der Waals surface area contributed by atoms with Gasteiger partial charge in [0, 0.05) is 0 Å². The molecule has 0 amide bonds. The molecule has 0 aromatic carbocycles. The van der Waals surface area contributed by atoms with Crippen molar-refractivity contribution in [3.8, 4) is 0 Å². The van der Waals surface area contributed by atoms with E-state index in [4.69, 9.17) is 4.74 Å². The number of hydrogen-bond acceptors (Lipinski definition) is 2. The first-order valence-corrected chi connectivity index (χ1v) is 6.68. The third-order valence-corrected chi connectivity index (χ3v) is 3.30. The van der Waals surface area contributed by atoms with Crippen molar-refractivity contribution in [3.63, 3.8) is 0 Å². The summed E-state index contributed by atoms with van der Waals surface area (Å²) in [4.78, 5) is 0. The molecule has 2 heteroatoms. The third kappa shape index (κ3) is 4.64. The first kappa shape index (κ1) is 14.5. The van der Waals surface area contributed by atoms with Gasteiger partial charge < -0.3 is 9.84 Å². The predicted octanol–water partition coefficient (Wildman–Crippen LogP) is 3.46. The van der Waals surface area contributed by atoms with Gasteiger partial charge in [-0.25, -0.2) is 0 Å². The molecule has 0 spiro atoms. The van der Waals surface area contributed by atoms with E-state index in [-0.39, 0.29) is 12.2 Å². The summed E-state index contributed by atoms with van der Waals surface area (Å²) in [5.41, 5.74) is -0.647. The molecule has 1 aliphatic rings. The van der Waals surface area contributed by atoms with E-state index in [0.29, 0.717) is 5.92 Å². The molecular formula is C15H26O2. The molecule has 0 aromatic rings. The average molecular weight is 238 g/mol. The molecule has 1 rings (SSSR count). The molecule has 0 aromatic heterocycles. The summed E-state index contributed by atoms with van der Waals surface area (Å²) in [7, 11) is 0. The number of aliphatic hydroxyl groups is 1.